The number of alkyl halides is 4. The van der Waals surface area contributed by atoms with Crippen LogP contribution in [0.25, 0.3) is 17.1 Å². The fraction of sp³-hybridized carbons (Fsp3) is 0.143. The molecule has 0 N–H and O–H groups in total. The number of halogens is 6. The Labute approximate surface area is 197 Å². The molecule has 0 aliphatic rings. The van der Waals surface area contributed by atoms with Crippen molar-refractivity contribution in [2.75, 3.05) is 0 Å². The van der Waals surface area contributed by atoms with Crippen molar-refractivity contribution in [3.8, 4) is 17.1 Å². The molecule has 0 saturated heterocycles. The van der Waals surface area contributed by atoms with Crippen molar-refractivity contribution in [1.29, 1.82) is 0 Å². The first kappa shape index (κ1) is 24.6. The summed E-state index contributed by atoms with van der Waals surface area (Å²) >= 11 is 0. The Bertz CT molecular complexity index is 1290. The fourth-order valence-corrected chi connectivity index (χ4v) is 2.87. The molecule has 0 radical (unpaired) electrons. The van der Waals surface area contributed by atoms with Gasteiger partial charge in [-0.25, -0.2) is 13.2 Å². The summed E-state index contributed by atoms with van der Waals surface area (Å²) in [5, 5.41) is 3.37. The van der Waals surface area contributed by atoms with Gasteiger partial charge < -0.3 is 4.68 Å². The van der Waals surface area contributed by atoms with Crippen molar-refractivity contribution < 1.29 is 47.4 Å². The van der Waals surface area contributed by atoms with Gasteiger partial charge in [-0.05, 0) is 24.8 Å². The Hall–Kier alpha value is -3.07. The Balaban J connectivity index is 0.00000306. The number of hydrogen-bond donors (Lipinski definition) is 0. The van der Waals surface area contributed by atoms with Crippen LogP contribution in [0, 0.1) is 24.2 Å². The van der Waals surface area contributed by atoms with Gasteiger partial charge in [-0.2, -0.15) is 13.2 Å². The molecular formula is C21H11F6N5Pt. The van der Waals surface area contributed by atoms with Crippen LogP contribution in [0.1, 0.15) is 24.0 Å². The molecule has 0 spiro atoms. The quantitative estimate of drug-likeness (QED) is 0.182. The Morgan fingerprint density at radius 3 is 2.15 bits per heavy atom. The molecule has 33 heavy (non-hydrogen) atoms. The fourth-order valence-electron chi connectivity index (χ4n) is 2.87. The van der Waals surface area contributed by atoms with Gasteiger partial charge in [0.1, 0.15) is 11.9 Å². The molecule has 172 valence electrons. The summed E-state index contributed by atoms with van der Waals surface area (Å²) in [6.45, 7) is 1.14. The standard InChI is InChI=1S/C21H11F6N5.Pt/c1-20(24,14-5-2-4-13(28-14)12-8-9-17(22)30-19(12)23)15-6-3-7-18(29-15)32-11-10-16(31-32)21(25,26)27;/h2-7,9-10H,1H3;/q-2;+2. The molecule has 0 bridgehead atoms. The van der Waals surface area contributed by atoms with E-state index in [-0.39, 0.29) is 49.5 Å². The summed E-state index contributed by atoms with van der Waals surface area (Å²) < 4.78 is 82.0. The number of aromatic nitrogens is 5. The summed E-state index contributed by atoms with van der Waals surface area (Å²) in [5.41, 5.74) is -4.14. The van der Waals surface area contributed by atoms with Gasteiger partial charge >= 0.3 is 27.2 Å². The van der Waals surface area contributed by atoms with Crippen LogP contribution in [0.3, 0.4) is 0 Å². The molecule has 4 heterocycles. The van der Waals surface area contributed by atoms with E-state index in [1.165, 1.54) is 36.4 Å². The van der Waals surface area contributed by atoms with Gasteiger partial charge in [-0.1, -0.05) is 42.1 Å². The van der Waals surface area contributed by atoms with Gasteiger partial charge in [-0.3, -0.25) is 20.1 Å². The van der Waals surface area contributed by atoms with Gasteiger partial charge in [0.15, 0.2) is 5.67 Å². The summed E-state index contributed by atoms with van der Waals surface area (Å²) in [6, 6.07) is 12.0. The molecule has 1 atom stereocenters. The Kier molecular flexibility index (Phi) is 6.74. The van der Waals surface area contributed by atoms with E-state index >= 15 is 4.39 Å². The minimum atomic E-state index is -4.67. The van der Waals surface area contributed by atoms with Crippen LogP contribution in [0.2, 0.25) is 0 Å². The van der Waals surface area contributed by atoms with Crippen molar-refractivity contribution >= 4 is 0 Å². The summed E-state index contributed by atoms with van der Waals surface area (Å²) in [5.74, 6) is -2.33. The van der Waals surface area contributed by atoms with Gasteiger partial charge in [0.25, 0.3) is 0 Å². The van der Waals surface area contributed by atoms with Crippen LogP contribution in [-0.2, 0) is 32.9 Å². The van der Waals surface area contributed by atoms with Crippen LogP contribution in [0.15, 0.2) is 48.5 Å². The van der Waals surface area contributed by atoms with Gasteiger partial charge in [0.05, 0.1) is 22.9 Å². The minimum Gasteiger partial charge on any atom is -0.343 e. The molecular weight excluding hydrogens is 631 g/mol. The topological polar surface area (TPSA) is 56.5 Å². The maximum atomic E-state index is 15.8. The third-order valence-electron chi connectivity index (χ3n) is 4.49. The normalized spacial score (nSPS) is 13.3. The van der Waals surface area contributed by atoms with Gasteiger partial charge in [0, 0.05) is 0 Å². The van der Waals surface area contributed by atoms with Crippen molar-refractivity contribution in [2.24, 2.45) is 0 Å². The second-order valence-corrected chi connectivity index (χ2v) is 6.75. The molecule has 0 aliphatic heterocycles. The zero-order valence-corrected chi connectivity index (χ0v) is 18.7. The number of rotatable bonds is 4. The Morgan fingerprint density at radius 1 is 0.848 bits per heavy atom. The molecule has 12 heteroatoms. The predicted octanol–water partition coefficient (Wildman–Crippen LogP) is 4.85. The third kappa shape index (κ3) is 4.98. The monoisotopic (exact) mass is 642 g/mol. The van der Waals surface area contributed by atoms with Crippen LogP contribution >= 0.6 is 0 Å². The van der Waals surface area contributed by atoms with E-state index in [0.29, 0.717) is 6.07 Å². The molecule has 0 amide bonds. The van der Waals surface area contributed by atoms with Crippen LogP contribution in [0.5, 0.6) is 0 Å². The van der Waals surface area contributed by atoms with Gasteiger partial charge in [0.2, 0.25) is 0 Å². The SMILES string of the molecule is CC(F)(c1cccc(-c2[c-]cc(F)nc2F)n1)c1cccc(-n2[c-]cc(C(F)(F)F)n2)n1.[Pt+2]. The average Bonchev–Trinajstić information content (AvgIpc) is 3.25. The summed E-state index contributed by atoms with van der Waals surface area (Å²) in [7, 11) is 0. The average molecular weight is 642 g/mol. The van der Waals surface area contributed by atoms with Crippen LogP contribution < -0.4 is 0 Å². The second-order valence-electron chi connectivity index (χ2n) is 6.75. The van der Waals surface area contributed by atoms with E-state index in [0.717, 1.165) is 17.7 Å². The van der Waals surface area contributed by atoms with Crippen molar-refractivity contribution in [2.45, 2.75) is 18.8 Å². The smallest absolute Gasteiger partial charge is 0.343 e. The first-order chi connectivity index (χ1) is 15.1. The van der Waals surface area contributed by atoms with Crippen molar-refractivity contribution in [3.05, 3.63) is 89.8 Å². The van der Waals surface area contributed by atoms with E-state index in [1.54, 1.807) is 0 Å². The molecule has 1 unspecified atom stereocenters. The van der Waals surface area contributed by atoms with Crippen LogP contribution in [-0.4, -0.2) is 24.7 Å². The molecule has 5 nitrogen and oxygen atoms in total. The van der Waals surface area contributed by atoms with Gasteiger partial charge in [-0.15, -0.1) is 12.1 Å². The predicted molar refractivity (Wildman–Crippen MR) is 99.0 cm³/mol. The largest absolute Gasteiger partial charge is 2.00 e. The second kappa shape index (κ2) is 9.05. The maximum absolute atomic E-state index is 15.8. The summed E-state index contributed by atoms with van der Waals surface area (Å²) in [4.78, 5) is 11.2. The third-order valence-corrected chi connectivity index (χ3v) is 4.49. The van der Waals surface area contributed by atoms with E-state index in [1.807, 2.05) is 0 Å². The molecule has 0 aromatic carbocycles. The molecule has 0 saturated carbocycles. The number of hydrogen-bond acceptors (Lipinski definition) is 4. The number of pyridine rings is 3. The van der Waals surface area contributed by atoms with Crippen molar-refractivity contribution in [3.63, 3.8) is 0 Å². The maximum Gasteiger partial charge on any atom is 2.00 e. The van der Waals surface area contributed by atoms with E-state index in [2.05, 4.69) is 32.3 Å². The van der Waals surface area contributed by atoms with E-state index < -0.39 is 29.4 Å². The minimum absolute atomic E-state index is 0. The first-order valence-corrected chi connectivity index (χ1v) is 8.99. The molecule has 4 aromatic rings. The zero-order chi connectivity index (χ0) is 23.1. The first-order valence-electron chi connectivity index (χ1n) is 8.99. The van der Waals surface area contributed by atoms with E-state index in [4.69, 9.17) is 0 Å². The zero-order valence-electron chi connectivity index (χ0n) is 16.4. The van der Waals surface area contributed by atoms with Crippen LogP contribution in [0.4, 0.5) is 26.3 Å². The molecule has 4 rings (SSSR count). The number of nitrogens with zero attached hydrogens (tertiary/aromatic N) is 5. The van der Waals surface area contributed by atoms with E-state index in [9.17, 15) is 22.0 Å². The molecule has 0 fully saturated rings. The molecule has 0 aliphatic carbocycles. The summed E-state index contributed by atoms with van der Waals surface area (Å²) in [6.07, 6.45) is -2.38. The Morgan fingerprint density at radius 2 is 1.52 bits per heavy atom. The van der Waals surface area contributed by atoms with Crippen molar-refractivity contribution in [1.82, 2.24) is 24.7 Å². The molecule has 4 aromatic heterocycles.